The molecule has 0 heterocycles. The number of carboxylic acid groups (broad SMARTS) is 1. The summed E-state index contributed by atoms with van der Waals surface area (Å²) < 4.78 is 25.5. The normalized spacial score (nSPS) is 10.5. The van der Waals surface area contributed by atoms with E-state index in [4.69, 9.17) is 14.6 Å². The summed E-state index contributed by atoms with van der Waals surface area (Å²) >= 11 is 0. The van der Waals surface area contributed by atoms with Crippen molar-refractivity contribution in [2.75, 3.05) is 25.1 Å². The summed E-state index contributed by atoms with van der Waals surface area (Å²) in [6.07, 6.45) is 0.0915. The fraction of sp³-hybridized carbons (Fsp3) is 0.321. The van der Waals surface area contributed by atoms with Crippen molar-refractivity contribution in [3.63, 3.8) is 0 Å². The van der Waals surface area contributed by atoms with Gasteiger partial charge in [0.25, 0.3) is 0 Å². The van der Waals surface area contributed by atoms with Gasteiger partial charge in [0.2, 0.25) is 0 Å². The Morgan fingerprint density at radius 1 is 1.03 bits per heavy atom. The highest BCUT2D eigenvalue weighted by atomic mass is 35.5. The van der Waals surface area contributed by atoms with E-state index in [0.717, 1.165) is 28.0 Å². The molecule has 0 fully saturated rings. The average Bonchev–Trinajstić information content (AvgIpc) is 2.80. The van der Waals surface area contributed by atoms with E-state index in [9.17, 15) is 9.18 Å². The maximum Gasteiger partial charge on any atom is 0.303 e. The van der Waals surface area contributed by atoms with Crippen molar-refractivity contribution in [3.8, 4) is 16.9 Å². The molecule has 188 valence electrons. The van der Waals surface area contributed by atoms with Crippen molar-refractivity contribution in [2.45, 2.75) is 40.2 Å². The molecule has 0 aromatic heterocycles. The number of benzene rings is 3. The molecule has 7 heteroatoms. The molecule has 0 radical (unpaired) electrons. The lowest BCUT2D eigenvalue weighted by atomic mass is 9.94. The third kappa shape index (κ3) is 8.26. The van der Waals surface area contributed by atoms with Gasteiger partial charge in [0.1, 0.15) is 18.2 Å². The Morgan fingerprint density at radius 2 is 1.77 bits per heavy atom. The van der Waals surface area contributed by atoms with Crippen molar-refractivity contribution < 1.29 is 23.8 Å². The van der Waals surface area contributed by atoms with Gasteiger partial charge in [-0.3, -0.25) is 4.79 Å². The largest absolute Gasteiger partial charge is 0.491 e. The second-order valence-corrected chi connectivity index (χ2v) is 8.23. The van der Waals surface area contributed by atoms with Crippen LogP contribution in [0, 0.1) is 19.7 Å². The lowest BCUT2D eigenvalue weighted by molar-refractivity contribution is -0.136. The minimum absolute atomic E-state index is 0. The molecule has 0 saturated carbocycles. The number of hydrogen-bond donors (Lipinski definition) is 2. The fourth-order valence-electron chi connectivity index (χ4n) is 3.97. The SMILES string of the molecule is CCOCCOc1cc(C)c(-c2cccc(CNc3ccc(CCC(=O)O)c(F)c3)c2)c(C)c1.Cl. The Hall–Kier alpha value is -3.09. The molecule has 0 aliphatic heterocycles. The topological polar surface area (TPSA) is 67.8 Å². The summed E-state index contributed by atoms with van der Waals surface area (Å²) in [5.41, 5.74) is 6.70. The van der Waals surface area contributed by atoms with Crippen LogP contribution >= 0.6 is 12.4 Å². The highest BCUT2D eigenvalue weighted by Crippen LogP contribution is 2.31. The van der Waals surface area contributed by atoms with Gasteiger partial charge in [0, 0.05) is 25.3 Å². The number of nitrogens with one attached hydrogen (secondary N) is 1. The van der Waals surface area contributed by atoms with Gasteiger partial charge in [-0.25, -0.2) is 4.39 Å². The Morgan fingerprint density at radius 3 is 2.43 bits per heavy atom. The van der Waals surface area contributed by atoms with Crippen LogP contribution in [-0.2, 0) is 22.5 Å². The zero-order valence-electron chi connectivity index (χ0n) is 20.4. The van der Waals surface area contributed by atoms with E-state index in [1.807, 2.05) is 31.2 Å². The first kappa shape index (κ1) is 28.1. The molecular weight excluding hydrogens is 469 g/mol. The second kappa shape index (κ2) is 13.7. The zero-order chi connectivity index (χ0) is 24.5. The number of hydrogen-bond acceptors (Lipinski definition) is 4. The van der Waals surface area contributed by atoms with E-state index in [1.54, 1.807) is 12.1 Å². The lowest BCUT2D eigenvalue weighted by Gasteiger charge is -2.15. The van der Waals surface area contributed by atoms with Crippen molar-refractivity contribution in [1.82, 2.24) is 0 Å². The number of aryl methyl sites for hydroxylation is 3. The first-order valence-electron chi connectivity index (χ1n) is 11.5. The minimum atomic E-state index is -0.935. The lowest BCUT2D eigenvalue weighted by Crippen LogP contribution is -2.06. The quantitative estimate of drug-likeness (QED) is 0.274. The van der Waals surface area contributed by atoms with E-state index >= 15 is 0 Å². The third-order valence-corrected chi connectivity index (χ3v) is 5.58. The van der Waals surface area contributed by atoms with Gasteiger partial charge in [0.15, 0.2) is 0 Å². The van der Waals surface area contributed by atoms with E-state index in [1.165, 1.54) is 11.6 Å². The van der Waals surface area contributed by atoms with Gasteiger partial charge in [-0.15, -0.1) is 12.4 Å². The van der Waals surface area contributed by atoms with E-state index in [0.29, 0.717) is 37.6 Å². The predicted molar refractivity (Wildman–Crippen MR) is 140 cm³/mol. The highest BCUT2D eigenvalue weighted by Gasteiger charge is 2.10. The summed E-state index contributed by atoms with van der Waals surface area (Å²) in [6, 6.07) is 17.2. The average molecular weight is 502 g/mol. The monoisotopic (exact) mass is 501 g/mol. The van der Waals surface area contributed by atoms with Crippen LogP contribution < -0.4 is 10.1 Å². The fourth-order valence-corrected chi connectivity index (χ4v) is 3.97. The summed E-state index contributed by atoms with van der Waals surface area (Å²) in [6.45, 7) is 8.44. The van der Waals surface area contributed by atoms with Crippen molar-refractivity contribution >= 4 is 24.1 Å². The number of halogens is 2. The number of aliphatic carboxylic acids is 1. The number of carboxylic acids is 1. The molecule has 0 aliphatic rings. The van der Waals surface area contributed by atoms with Crippen LogP contribution in [0.3, 0.4) is 0 Å². The molecule has 3 aromatic carbocycles. The van der Waals surface area contributed by atoms with Crippen LogP contribution in [0.5, 0.6) is 5.75 Å². The Kier molecular flexibility index (Phi) is 11.0. The molecule has 0 saturated heterocycles. The summed E-state index contributed by atoms with van der Waals surface area (Å²) in [5.74, 6) is -0.490. The van der Waals surface area contributed by atoms with Gasteiger partial charge in [-0.05, 0) is 90.9 Å². The Labute approximate surface area is 212 Å². The van der Waals surface area contributed by atoms with Crippen LogP contribution in [0.15, 0.2) is 54.6 Å². The van der Waals surface area contributed by atoms with Crippen LogP contribution in [-0.4, -0.2) is 30.9 Å². The van der Waals surface area contributed by atoms with Crippen LogP contribution in [0.2, 0.25) is 0 Å². The molecule has 0 unspecified atom stereocenters. The molecule has 2 N–H and O–H groups in total. The van der Waals surface area contributed by atoms with Gasteiger partial charge in [0.05, 0.1) is 6.61 Å². The summed E-state index contributed by atoms with van der Waals surface area (Å²) in [4.78, 5) is 10.7. The first-order chi connectivity index (χ1) is 16.4. The third-order valence-electron chi connectivity index (χ3n) is 5.58. The molecule has 35 heavy (non-hydrogen) atoms. The maximum atomic E-state index is 14.3. The predicted octanol–water partition coefficient (Wildman–Crippen LogP) is 6.58. The number of anilines is 1. The molecule has 0 spiro atoms. The van der Waals surface area contributed by atoms with Crippen LogP contribution in [0.25, 0.3) is 11.1 Å². The zero-order valence-corrected chi connectivity index (χ0v) is 21.2. The van der Waals surface area contributed by atoms with Crippen molar-refractivity contribution in [2.24, 2.45) is 0 Å². The van der Waals surface area contributed by atoms with Crippen LogP contribution in [0.4, 0.5) is 10.1 Å². The van der Waals surface area contributed by atoms with Crippen molar-refractivity contribution in [3.05, 3.63) is 82.7 Å². The van der Waals surface area contributed by atoms with E-state index in [-0.39, 0.29) is 25.2 Å². The Bertz CT molecular complexity index is 1110. The molecule has 0 aliphatic carbocycles. The summed E-state index contributed by atoms with van der Waals surface area (Å²) in [7, 11) is 0. The minimum Gasteiger partial charge on any atom is -0.491 e. The second-order valence-electron chi connectivity index (χ2n) is 8.23. The maximum absolute atomic E-state index is 14.3. The van der Waals surface area contributed by atoms with Gasteiger partial charge in [-0.2, -0.15) is 0 Å². The molecule has 0 atom stereocenters. The van der Waals surface area contributed by atoms with Gasteiger partial charge >= 0.3 is 5.97 Å². The van der Waals surface area contributed by atoms with Gasteiger partial charge in [-0.1, -0.05) is 24.3 Å². The number of carbonyl (C=O) groups is 1. The molecule has 5 nitrogen and oxygen atoms in total. The summed E-state index contributed by atoms with van der Waals surface area (Å²) in [5, 5.41) is 12.0. The molecule has 3 rings (SSSR count). The Balaban J connectivity index is 0.00000432. The smallest absolute Gasteiger partial charge is 0.303 e. The standard InChI is InChI=1S/C28H32FNO4.ClH/c1-4-33-12-13-34-25-14-19(2)28(20(3)15-25)23-7-5-6-21(16-23)18-30-24-10-8-22(26(29)17-24)9-11-27(31)32;/h5-8,10,14-17,30H,4,9,11-13,18H2,1-3H3,(H,31,32);1H. The number of ether oxygens (including phenoxy) is 2. The number of rotatable bonds is 12. The van der Waals surface area contributed by atoms with Crippen molar-refractivity contribution in [1.29, 1.82) is 0 Å². The molecule has 0 amide bonds. The molecular formula is C28H33ClFNO4. The van der Waals surface area contributed by atoms with Crippen LogP contribution in [0.1, 0.15) is 35.6 Å². The first-order valence-corrected chi connectivity index (χ1v) is 11.5. The highest BCUT2D eigenvalue weighted by molar-refractivity contribution is 5.85. The van der Waals surface area contributed by atoms with Gasteiger partial charge < -0.3 is 19.9 Å². The van der Waals surface area contributed by atoms with E-state index in [2.05, 4.69) is 31.3 Å². The molecule has 3 aromatic rings. The molecule has 0 bridgehead atoms. The van der Waals surface area contributed by atoms with E-state index < -0.39 is 11.8 Å².